The van der Waals surface area contributed by atoms with Crippen molar-refractivity contribution in [1.82, 2.24) is 5.32 Å². The second kappa shape index (κ2) is 53.9. The van der Waals surface area contributed by atoms with Gasteiger partial charge in [-0.25, -0.2) is 0 Å². The highest BCUT2D eigenvalue weighted by Gasteiger charge is 2.18. The maximum Gasteiger partial charge on any atom is 0.220 e. The minimum atomic E-state index is -0.863. The van der Waals surface area contributed by atoms with Crippen molar-refractivity contribution in [3.63, 3.8) is 0 Å². The molecule has 0 radical (unpaired) electrons. The van der Waals surface area contributed by atoms with E-state index in [4.69, 9.17) is 0 Å². The Hall–Kier alpha value is -1.39. The molecule has 0 aliphatic heterocycles. The minimum Gasteiger partial charge on any atom is -0.394 e. The molecule has 1 amide bonds. The maximum absolute atomic E-state index is 12.5. The molecule has 2 unspecified atom stereocenters. The van der Waals surface area contributed by atoms with Crippen molar-refractivity contribution < 1.29 is 15.0 Å². The van der Waals surface area contributed by atoms with Gasteiger partial charge >= 0.3 is 0 Å². The molecule has 2 atom stereocenters. The number of aliphatic hydroxyl groups is 2. The standard InChI is InChI=1S/C58H111NO3/c1-3-5-7-9-11-13-15-17-19-21-23-25-27-29-31-33-35-37-39-41-43-45-47-49-51-53-57(61)56(55-60)59-58(62)54-52-50-48-46-44-42-40-38-36-34-32-30-28-26-24-22-20-18-16-14-12-10-8-6-4-2/h30,32,43,45,51,53,56-57,60-61H,3-29,31,33-42,44,46-50,52,54-55H2,1-2H3,(H,59,62)/b32-30-,45-43+,53-51+. The Morgan fingerprint density at radius 1 is 0.371 bits per heavy atom. The monoisotopic (exact) mass is 870 g/mol. The first-order valence-electron chi connectivity index (χ1n) is 28.2. The average Bonchev–Trinajstić information content (AvgIpc) is 3.28. The summed E-state index contributed by atoms with van der Waals surface area (Å²) in [4.78, 5) is 12.5. The topological polar surface area (TPSA) is 69.6 Å². The number of hydrogen-bond acceptors (Lipinski definition) is 3. The first-order chi connectivity index (χ1) is 30.7. The highest BCUT2D eigenvalue weighted by molar-refractivity contribution is 5.76. The van der Waals surface area contributed by atoms with Gasteiger partial charge in [-0.1, -0.05) is 281 Å². The van der Waals surface area contributed by atoms with Gasteiger partial charge in [-0.05, 0) is 57.8 Å². The van der Waals surface area contributed by atoms with Crippen LogP contribution in [0.15, 0.2) is 36.5 Å². The number of rotatable bonds is 52. The van der Waals surface area contributed by atoms with E-state index in [0.29, 0.717) is 6.42 Å². The van der Waals surface area contributed by atoms with E-state index in [1.54, 1.807) is 6.08 Å². The molecule has 0 rings (SSSR count). The lowest BCUT2D eigenvalue weighted by molar-refractivity contribution is -0.123. The summed E-state index contributed by atoms with van der Waals surface area (Å²) >= 11 is 0. The molecule has 0 saturated heterocycles. The zero-order chi connectivity index (χ0) is 44.9. The minimum absolute atomic E-state index is 0.0719. The van der Waals surface area contributed by atoms with Gasteiger partial charge in [0.05, 0.1) is 18.8 Å². The summed E-state index contributed by atoms with van der Waals surface area (Å²) in [5.41, 5.74) is 0. The fraction of sp³-hybridized carbons (Fsp3) is 0.879. The van der Waals surface area contributed by atoms with Gasteiger partial charge in [-0.15, -0.1) is 0 Å². The van der Waals surface area contributed by atoms with Gasteiger partial charge < -0.3 is 15.5 Å². The molecule has 0 aliphatic rings. The third kappa shape index (κ3) is 49.6. The molecule has 4 heteroatoms. The molecular weight excluding hydrogens is 759 g/mol. The van der Waals surface area contributed by atoms with E-state index in [9.17, 15) is 15.0 Å². The second-order valence-corrected chi connectivity index (χ2v) is 19.3. The number of carbonyl (C=O) groups excluding carboxylic acids is 1. The summed E-state index contributed by atoms with van der Waals surface area (Å²) in [5, 5.41) is 23.1. The zero-order valence-corrected chi connectivity index (χ0v) is 42.2. The van der Waals surface area contributed by atoms with Gasteiger partial charge in [0, 0.05) is 6.42 Å². The quantitative estimate of drug-likeness (QED) is 0.0421. The van der Waals surface area contributed by atoms with Gasteiger partial charge in [0.2, 0.25) is 5.91 Å². The first-order valence-corrected chi connectivity index (χ1v) is 28.2. The van der Waals surface area contributed by atoms with Crippen molar-refractivity contribution in [2.24, 2.45) is 0 Å². The van der Waals surface area contributed by atoms with Crippen molar-refractivity contribution in [2.75, 3.05) is 6.61 Å². The van der Waals surface area contributed by atoms with Crippen molar-refractivity contribution in [2.45, 2.75) is 321 Å². The summed E-state index contributed by atoms with van der Waals surface area (Å²) in [6, 6.07) is -0.640. The van der Waals surface area contributed by atoms with Crippen LogP contribution < -0.4 is 5.32 Å². The predicted octanol–water partition coefficient (Wildman–Crippen LogP) is 18.5. The fourth-order valence-electron chi connectivity index (χ4n) is 8.78. The third-order valence-corrected chi connectivity index (χ3v) is 13.1. The summed E-state index contributed by atoms with van der Waals surface area (Å²) < 4.78 is 0. The van der Waals surface area contributed by atoms with Crippen LogP contribution in [-0.2, 0) is 4.79 Å². The van der Waals surface area contributed by atoms with Crippen LogP contribution in [0.3, 0.4) is 0 Å². The lowest BCUT2D eigenvalue weighted by Crippen LogP contribution is -2.45. The van der Waals surface area contributed by atoms with Crippen molar-refractivity contribution in [3.8, 4) is 0 Å². The first kappa shape index (κ1) is 60.6. The van der Waals surface area contributed by atoms with Gasteiger partial charge in [0.25, 0.3) is 0 Å². The van der Waals surface area contributed by atoms with E-state index in [-0.39, 0.29) is 12.5 Å². The molecule has 0 bridgehead atoms. The molecule has 62 heavy (non-hydrogen) atoms. The molecule has 0 heterocycles. The molecule has 4 nitrogen and oxygen atoms in total. The summed E-state index contributed by atoms with van der Waals surface area (Å²) in [7, 11) is 0. The van der Waals surface area contributed by atoms with Crippen molar-refractivity contribution in [1.29, 1.82) is 0 Å². The number of unbranched alkanes of at least 4 members (excludes halogenated alkanes) is 41. The Kier molecular flexibility index (Phi) is 52.7. The van der Waals surface area contributed by atoms with E-state index in [1.165, 1.54) is 257 Å². The van der Waals surface area contributed by atoms with Crippen molar-refractivity contribution >= 4 is 5.91 Å². The Morgan fingerprint density at radius 2 is 0.629 bits per heavy atom. The number of allylic oxidation sites excluding steroid dienone is 5. The highest BCUT2D eigenvalue weighted by Crippen LogP contribution is 2.17. The fourth-order valence-corrected chi connectivity index (χ4v) is 8.78. The Labute approximate surface area is 389 Å². The van der Waals surface area contributed by atoms with Crippen LogP contribution in [-0.4, -0.2) is 34.9 Å². The van der Waals surface area contributed by atoms with Gasteiger partial charge in [-0.2, -0.15) is 0 Å². The van der Waals surface area contributed by atoms with Crippen LogP contribution in [0.25, 0.3) is 0 Å². The molecular formula is C58H111NO3. The summed E-state index contributed by atoms with van der Waals surface area (Å²) in [6.45, 7) is 4.33. The summed E-state index contributed by atoms with van der Waals surface area (Å²) in [5.74, 6) is -0.0719. The second-order valence-electron chi connectivity index (χ2n) is 19.3. The number of nitrogens with one attached hydrogen (secondary N) is 1. The summed E-state index contributed by atoms with van der Waals surface area (Å²) in [6.07, 6.45) is 73.1. The zero-order valence-electron chi connectivity index (χ0n) is 42.2. The largest absolute Gasteiger partial charge is 0.394 e. The average molecular weight is 871 g/mol. The molecule has 0 aromatic carbocycles. The Bertz CT molecular complexity index is 943. The number of carbonyl (C=O) groups is 1. The van der Waals surface area contributed by atoms with Crippen LogP contribution in [0.5, 0.6) is 0 Å². The highest BCUT2D eigenvalue weighted by atomic mass is 16.3. The molecule has 0 aliphatic carbocycles. The van der Waals surface area contributed by atoms with Crippen LogP contribution in [0, 0.1) is 0 Å². The molecule has 366 valence electrons. The lowest BCUT2D eigenvalue weighted by atomic mass is 10.0. The molecule has 0 aromatic rings. The van der Waals surface area contributed by atoms with E-state index in [2.05, 4.69) is 43.5 Å². The smallest absolute Gasteiger partial charge is 0.220 e. The van der Waals surface area contributed by atoms with Crippen LogP contribution in [0.1, 0.15) is 309 Å². The van der Waals surface area contributed by atoms with Crippen LogP contribution in [0.4, 0.5) is 0 Å². The molecule has 0 aromatic heterocycles. The molecule has 3 N–H and O–H groups in total. The van der Waals surface area contributed by atoms with Gasteiger partial charge in [-0.3, -0.25) is 4.79 Å². The van der Waals surface area contributed by atoms with Gasteiger partial charge in [0.15, 0.2) is 0 Å². The number of hydrogen-bond donors (Lipinski definition) is 3. The number of amides is 1. The number of aliphatic hydroxyl groups excluding tert-OH is 2. The molecule has 0 fully saturated rings. The van der Waals surface area contributed by atoms with E-state index in [0.717, 1.165) is 32.1 Å². The van der Waals surface area contributed by atoms with Crippen LogP contribution in [0.2, 0.25) is 0 Å². The normalized spacial score (nSPS) is 13.0. The van der Waals surface area contributed by atoms with Gasteiger partial charge in [0.1, 0.15) is 0 Å². The SMILES string of the molecule is CCCCCCCCCCCCCC/C=C\CCCCCCCCCCCC(=O)NC(CO)C(O)/C=C/CC/C=C/CCCCCCCCCCCCCCCCCCCCC. The van der Waals surface area contributed by atoms with E-state index < -0.39 is 12.1 Å². The molecule has 0 saturated carbocycles. The maximum atomic E-state index is 12.5. The molecule has 0 spiro atoms. The van der Waals surface area contributed by atoms with Crippen molar-refractivity contribution in [3.05, 3.63) is 36.5 Å². The third-order valence-electron chi connectivity index (χ3n) is 13.1. The predicted molar refractivity (Wildman–Crippen MR) is 276 cm³/mol. The Balaban J connectivity index is 3.52. The lowest BCUT2D eigenvalue weighted by Gasteiger charge is -2.19. The van der Waals surface area contributed by atoms with E-state index in [1.807, 2.05) is 6.08 Å². The van der Waals surface area contributed by atoms with E-state index >= 15 is 0 Å². The van der Waals surface area contributed by atoms with Crippen LogP contribution >= 0.6 is 0 Å². The Morgan fingerprint density at radius 3 is 0.935 bits per heavy atom.